The van der Waals surface area contributed by atoms with Gasteiger partial charge in [0, 0.05) is 6.08 Å². The molecule has 0 aromatic heterocycles. The van der Waals surface area contributed by atoms with Crippen molar-refractivity contribution in [2.75, 3.05) is 20.2 Å². The highest BCUT2D eigenvalue weighted by Gasteiger charge is 1.93. The lowest BCUT2D eigenvalue weighted by Gasteiger charge is -2.00. The van der Waals surface area contributed by atoms with Gasteiger partial charge in [0.2, 0.25) is 0 Å². The summed E-state index contributed by atoms with van der Waals surface area (Å²) >= 11 is 0. The molecule has 0 fully saturated rings. The van der Waals surface area contributed by atoms with Crippen molar-refractivity contribution in [2.24, 2.45) is 0 Å². The van der Waals surface area contributed by atoms with Gasteiger partial charge >= 0.3 is 5.97 Å². The molecule has 0 aromatic carbocycles. The molecule has 11 heavy (non-hydrogen) atoms. The molecule has 0 saturated carbocycles. The average molecular weight is 157 g/mol. The first-order chi connectivity index (χ1) is 5.31. The molecular formula is C8H15NO2. The van der Waals surface area contributed by atoms with Crippen molar-refractivity contribution < 1.29 is 9.53 Å². The molecule has 0 aliphatic rings. The third-order valence-electron chi connectivity index (χ3n) is 1.23. The Labute approximate surface area is 67.4 Å². The summed E-state index contributed by atoms with van der Waals surface area (Å²) in [6.07, 6.45) is 3.11. The van der Waals surface area contributed by atoms with Gasteiger partial charge in [-0.3, -0.25) is 0 Å². The van der Waals surface area contributed by atoms with Crippen molar-refractivity contribution in [3.8, 4) is 0 Å². The van der Waals surface area contributed by atoms with Gasteiger partial charge in [-0.15, -0.1) is 0 Å². The van der Waals surface area contributed by atoms with E-state index >= 15 is 0 Å². The fourth-order valence-corrected chi connectivity index (χ4v) is 0.636. The Hall–Kier alpha value is -0.830. The number of nitrogens with one attached hydrogen (secondary N) is 1. The fourth-order valence-electron chi connectivity index (χ4n) is 0.636. The molecule has 0 amide bonds. The quantitative estimate of drug-likeness (QED) is 0.350. The Balaban J connectivity index is 3.01. The number of carbonyl (C=O) groups is 1. The zero-order chi connectivity index (χ0) is 8.53. The van der Waals surface area contributed by atoms with E-state index in [-0.39, 0.29) is 5.97 Å². The lowest BCUT2D eigenvalue weighted by molar-refractivity contribution is -0.137. The van der Waals surface area contributed by atoms with Gasteiger partial charge < -0.3 is 10.1 Å². The third-order valence-corrected chi connectivity index (χ3v) is 1.23. The highest BCUT2D eigenvalue weighted by Crippen LogP contribution is 1.88. The highest BCUT2D eigenvalue weighted by molar-refractivity contribution is 5.81. The number of esters is 1. The summed E-state index contributed by atoms with van der Waals surface area (Å²) in [6.45, 7) is 4.75. The molecule has 0 aliphatic carbocycles. The number of carbonyl (C=O) groups excluding carboxylic acids is 1. The highest BCUT2D eigenvalue weighted by atomic mass is 16.5. The Kier molecular flexibility index (Phi) is 6.73. The van der Waals surface area contributed by atoms with Crippen molar-refractivity contribution in [1.82, 2.24) is 5.32 Å². The van der Waals surface area contributed by atoms with Crippen LogP contribution in [0.15, 0.2) is 12.7 Å². The van der Waals surface area contributed by atoms with Crippen LogP contribution in [0.3, 0.4) is 0 Å². The first kappa shape index (κ1) is 10.2. The van der Waals surface area contributed by atoms with E-state index in [2.05, 4.69) is 11.9 Å². The molecule has 64 valence electrons. The normalized spacial score (nSPS) is 9.18. The second-order valence-electron chi connectivity index (χ2n) is 2.18. The minimum atomic E-state index is -0.338. The summed E-state index contributed by atoms with van der Waals surface area (Å²) in [5.74, 6) is -0.338. The monoisotopic (exact) mass is 157 g/mol. The number of rotatable bonds is 6. The van der Waals surface area contributed by atoms with E-state index in [4.69, 9.17) is 4.74 Å². The molecule has 0 saturated heterocycles. The molecule has 0 heterocycles. The van der Waals surface area contributed by atoms with Crippen molar-refractivity contribution in [3.63, 3.8) is 0 Å². The van der Waals surface area contributed by atoms with E-state index in [9.17, 15) is 4.79 Å². The lowest BCUT2D eigenvalue weighted by Crippen LogP contribution is -2.09. The van der Waals surface area contributed by atoms with Crippen LogP contribution < -0.4 is 5.32 Å². The van der Waals surface area contributed by atoms with Crippen LogP contribution in [0.2, 0.25) is 0 Å². The van der Waals surface area contributed by atoms with Crippen LogP contribution >= 0.6 is 0 Å². The minimum absolute atomic E-state index is 0.338. The molecule has 3 nitrogen and oxygen atoms in total. The summed E-state index contributed by atoms with van der Waals surface area (Å²) in [5.41, 5.74) is 0. The van der Waals surface area contributed by atoms with E-state index in [0.29, 0.717) is 6.61 Å². The van der Waals surface area contributed by atoms with Gasteiger partial charge in [0.1, 0.15) is 0 Å². The maximum absolute atomic E-state index is 10.5. The topological polar surface area (TPSA) is 38.3 Å². The van der Waals surface area contributed by atoms with E-state index in [1.165, 1.54) is 6.08 Å². The van der Waals surface area contributed by atoms with Gasteiger partial charge in [-0.2, -0.15) is 0 Å². The average Bonchev–Trinajstić information content (AvgIpc) is 2.04. The number of ether oxygens (including phenoxy) is 1. The Morgan fingerprint density at radius 1 is 1.64 bits per heavy atom. The molecule has 3 heteroatoms. The molecule has 0 aromatic rings. The lowest BCUT2D eigenvalue weighted by atomic mass is 10.3. The van der Waals surface area contributed by atoms with Crippen LogP contribution in [0.1, 0.15) is 12.8 Å². The van der Waals surface area contributed by atoms with Crippen LogP contribution in [-0.2, 0) is 9.53 Å². The molecule has 0 radical (unpaired) electrons. The summed E-state index contributed by atoms with van der Waals surface area (Å²) in [6, 6.07) is 0. The molecule has 0 aliphatic heterocycles. The first-order valence-corrected chi connectivity index (χ1v) is 3.75. The number of hydrogen-bond acceptors (Lipinski definition) is 3. The first-order valence-electron chi connectivity index (χ1n) is 3.75. The van der Waals surface area contributed by atoms with Gasteiger partial charge in [0.25, 0.3) is 0 Å². The predicted octanol–water partition coefficient (Wildman–Crippen LogP) is 0.715. The fraction of sp³-hybridized carbons (Fsp3) is 0.625. The maximum Gasteiger partial charge on any atom is 0.330 e. The zero-order valence-corrected chi connectivity index (χ0v) is 6.93. The standard InChI is InChI=1S/C8H15NO2/c1-3-8(10)11-7-5-4-6-9-2/h3,9H,1,4-7H2,2H3. The number of hydrogen-bond donors (Lipinski definition) is 1. The Morgan fingerprint density at radius 3 is 2.91 bits per heavy atom. The smallest absolute Gasteiger partial charge is 0.330 e. The SMILES string of the molecule is C=CC(=O)OCCCCNC. The minimum Gasteiger partial charge on any atom is -0.463 e. The van der Waals surface area contributed by atoms with E-state index in [1.54, 1.807) is 0 Å². The van der Waals surface area contributed by atoms with Gasteiger partial charge in [0.05, 0.1) is 6.61 Å². The Morgan fingerprint density at radius 2 is 2.36 bits per heavy atom. The molecule has 0 bridgehead atoms. The van der Waals surface area contributed by atoms with E-state index in [0.717, 1.165) is 19.4 Å². The second-order valence-corrected chi connectivity index (χ2v) is 2.18. The second kappa shape index (κ2) is 7.28. The van der Waals surface area contributed by atoms with Crippen LogP contribution in [0.25, 0.3) is 0 Å². The number of unbranched alkanes of at least 4 members (excludes halogenated alkanes) is 1. The molecule has 1 N–H and O–H groups in total. The maximum atomic E-state index is 10.5. The predicted molar refractivity (Wildman–Crippen MR) is 44.3 cm³/mol. The van der Waals surface area contributed by atoms with Crippen molar-refractivity contribution in [2.45, 2.75) is 12.8 Å². The van der Waals surface area contributed by atoms with Crippen LogP contribution in [-0.4, -0.2) is 26.2 Å². The zero-order valence-electron chi connectivity index (χ0n) is 6.93. The van der Waals surface area contributed by atoms with Crippen molar-refractivity contribution >= 4 is 5.97 Å². The van der Waals surface area contributed by atoms with Gasteiger partial charge in [0.15, 0.2) is 0 Å². The van der Waals surface area contributed by atoms with Crippen molar-refractivity contribution in [1.29, 1.82) is 0 Å². The van der Waals surface area contributed by atoms with Crippen LogP contribution in [0.4, 0.5) is 0 Å². The van der Waals surface area contributed by atoms with Crippen LogP contribution in [0.5, 0.6) is 0 Å². The summed E-state index contributed by atoms with van der Waals surface area (Å²) in [4.78, 5) is 10.5. The van der Waals surface area contributed by atoms with Crippen molar-refractivity contribution in [3.05, 3.63) is 12.7 Å². The Bertz CT molecular complexity index is 123. The summed E-state index contributed by atoms with van der Waals surface area (Å²) < 4.78 is 4.75. The van der Waals surface area contributed by atoms with Gasteiger partial charge in [-0.05, 0) is 26.4 Å². The largest absolute Gasteiger partial charge is 0.463 e. The van der Waals surface area contributed by atoms with E-state index in [1.807, 2.05) is 7.05 Å². The summed E-state index contributed by atoms with van der Waals surface area (Å²) in [5, 5.41) is 3.01. The molecule has 0 atom stereocenters. The molecule has 0 spiro atoms. The third kappa shape index (κ3) is 7.06. The van der Waals surface area contributed by atoms with Crippen LogP contribution in [0, 0.1) is 0 Å². The van der Waals surface area contributed by atoms with Gasteiger partial charge in [-0.25, -0.2) is 4.79 Å². The summed E-state index contributed by atoms with van der Waals surface area (Å²) in [7, 11) is 1.90. The molecule has 0 rings (SSSR count). The van der Waals surface area contributed by atoms with Gasteiger partial charge in [-0.1, -0.05) is 6.58 Å². The molecule has 0 unspecified atom stereocenters. The molecular weight excluding hydrogens is 142 g/mol. The van der Waals surface area contributed by atoms with E-state index < -0.39 is 0 Å².